The van der Waals surface area contributed by atoms with E-state index in [1.54, 1.807) is 0 Å². The number of benzene rings is 2. The van der Waals surface area contributed by atoms with E-state index in [9.17, 15) is 20.5 Å². The molecule has 0 radical (unpaired) electrons. The average molecular weight is 411 g/mol. The van der Waals surface area contributed by atoms with Crippen LogP contribution in [0, 0.1) is 21.4 Å². The molecule has 0 aliphatic heterocycles. The van der Waals surface area contributed by atoms with Crippen molar-refractivity contribution in [1.29, 1.82) is 5.26 Å². The molecule has 0 atom stereocenters. The van der Waals surface area contributed by atoms with Crippen LogP contribution in [-0.2, 0) is 5.75 Å². The van der Waals surface area contributed by atoms with E-state index in [0.29, 0.717) is 21.3 Å². The lowest BCUT2D eigenvalue weighted by Crippen LogP contribution is -1.93. The largest absolute Gasteiger partial charge is 0.507 e. The second-order valence-corrected chi connectivity index (χ2v) is 7.19. The first-order valence-electron chi connectivity index (χ1n) is 7.91. The number of aromatic nitrogens is 1. The maximum atomic E-state index is 10.8. The molecule has 0 fully saturated rings. The number of hydrogen-bond donors (Lipinski definition) is 2. The van der Waals surface area contributed by atoms with Crippen LogP contribution in [0.1, 0.15) is 16.7 Å². The number of thioether (sulfide) groups is 1. The number of nitro benzene ring substituents is 1. The van der Waals surface area contributed by atoms with Crippen molar-refractivity contribution in [2.75, 3.05) is 5.43 Å². The van der Waals surface area contributed by atoms with Gasteiger partial charge in [0.1, 0.15) is 27.4 Å². The summed E-state index contributed by atoms with van der Waals surface area (Å²) in [6.45, 7) is 0. The highest BCUT2D eigenvalue weighted by Gasteiger charge is 2.14. The summed E-state index contributed by atoms with van der Waals surface area (Å²) in [5.74, 6) is 0.545. The SMILES string of the molecule is N#Cc1c(SCc2ccccc2)nsc1NN=Cc1cc([N+](=O)[O-])ccc1O. The number of nitro groups is 1. The fraction of sp³-hybridized carbons (Fsp3) is 0.0556. The lowest BCUT2D eigenvalue weighted by Gasteiger charge is -2.00. The van der Waals surface area contributed by atoms with E-state index in [0.717, 1.165) is 17.1 Å². The number of aromatic hydroxyl groups is 1. The van der Waals surface area contributed by atoms with Gasteiger partial charge in [0.15, 0.2) is 0 Å². The smallest absolute Gasteiger partial charge is 0.270 e. The van der Waals surface area contributed by atoms with Gasteiger partial charge in [-0.25, -0.2) is 0 Å². The molecule has 3 aromatic rings. The molecule has 1 heterocycles. The summed E-state index contributed by atoms with van der Waals surface area (Å²) in [7, 11) is 0. The van der Waals surface area contributed by atoms with Gasteiger partial charge in [0.05, 0.1) is 11.1 Å². The Morgan fingerprint density at radius 3 is 2.86 bits per heavy atom. The number of hydrazone groups is 1. The number of phenolic OH excluding ortho intramolecular Hbond substituents is 1. The Hall–Kier alpha value is -3.42. The lowest BCUT2D eigenvalue weighted by atomic mass is 10.2. The van der Waals surface area contributed by atoms with Gasteiger partial charge in [-0.2, -0.15) is 14.7 Å². The van der Waals surface area contributed by atoms with Crippen molar-refractivity contribution >= 4 is 40.2 Å². The van der Waals surface area contributed by atoms with E-state index in [1.807, 2.05) is 30.3 Å². The molecule has 0 unspecified atom stereocenters. The Bertz CT molecular complexity index is 1060. The summed E-state index contributed by atoms with van der Waals surface area (Å²) in [6, 6.07) is 15.6. The van der Waals surface area contributed by atoms with Gasteiger partial charge >= 0.3 is 0 Å². The summed E-state index contributed by atoms with van der Waals surface area (Å²) in [5, 5.41) is 35.1. The summed E-state index contributed by atoms with van der Waals surface area (Å²) in [5.41, 5.74) is 4.25. The molecular weight excluding hydrogens is 398 g/mol. The second-order valence-electron chi connectivity index (χ2n) is 5.45. The maximum Gasteiger partial charge on any atom is 0.270 e. The molecule has 2 N–H and O–H groups in total. The number of nitrogens with zero attached hydrogens (tertiary/aromatic N) is 4. The summed E-state index contributed by atoms with van der Waals surface area (Å²) in [6.07, 6.45) is 1.25. The van der Waals surface area contributed by atoms with E-state index in [-0.39, 0.29) is 17.0 Å². The van der Waals surface area contributed by atoms with E-state index >= 15 is 0 Å². The number of nitriles is 1. The minimum atomic E-state index is -0.558. The summed E-state index contributed by atoms with van der Waals surface area (Å²) >= 11 is 2.55. The number of anilines is 1. The minimum absolute atomic E-state index is 0.139. The summed E-state index contributed by atoms with van der Waals surface area (Å²) < 4.78 is 4.29. The zero-order chi connectivity index (χ0) is 19.9. The molecule has 8 nitrogen and oxygen atoms in total. The fourth-order valence-electron chi connectivity index (χ4n) is 2.19. The third-order valence-electron chi connectivity index (χ3n) is 3.58. The molecule has 3 rings (SSSR count). The van der Waals surface area contributed by atoms with Crippen molar-refractivity contribution in [3.8, 4) is 11.8 Å². The van der Waals surface area contributed by atoms with Crippen molar-refractivity contribution in [2.24, 2.45) is 5.10 Å². The fourth-order valence-corrected chi connectivity index (χ4v) is 3.96. The van der Waals surface area contributed by atoms with Crippen molar-refractivity contribution in [3.05, 3.63) is 75.3 Å². The molecule has 10 heteroatoms. The lowest BCUT2D eigenvalue weighted by molar-refractivity contribution is -0.384. The molecule has 0 aliphatic carbocycles. The molecule has 0 amide bonds. The van der Waals surface area contributed by atoms with E-state index < -0.39 is 4.92 Å². The quantitative estimate of drug-likeness (QED) is 0.256. The standard InChI is InChI=1S/C18H13N5O3S2/c19-9-15-17(28-22-18(15)27-11-12-4-2-1-3-5-12)21-20-10-13-8-14(23(25)26)6-7-16(13)24/h1-8,10,21,24H,11H2. The van der Waals surface area contributed by atoms with Gasteiger partial charge in [-0.1, -0.05) is 42.1 Å². The van der Waals surface area contributed by atoms with Crippen LogP contribution in [0.25, 0.3) is 0 Å². The van der Waals surface area contributed by atoms with E-state index in [4.69, 9.17) is 0 Å². The highest BCUT2D eigenvalue weighted by molar-refractivity contribution is 7.98. The Kier molecular flexibility index (Phi) is 6.21. The molecular formula is C18H13N5O3S2. The van der Waals surface area contributed by atoms with E-state index in [2.05, 4.69) is 21.0 Å². The first kappa shape index (κ1) is 19.3. The predicted octanol–water partition coefficient (Wildman–Crippen LogP) is 4.37. The van der Waals surface area contributed by atoms with Crippen LogP contribution in [0.15, 0.2) is 58.7 Å². The van der Waals surface area contributed by atoms with Crippen LogP contribution in [-0.4, -0.2) is 20.6 Å². The highest BCUT2D eigenvalue weighted by Crippen LogP contribution is 2.33. The average Bonchev–Trinajstić information content (AvgIpc) is 3.10. The first-order valence-corrected chi connectivity index (χ1v) is 9.67. The van der Waals surface area contributed by atoms with Gasteiger partial charge in [0.2, 0.25) is 0 Å². The minimum Gasteiger partial charge on any atom is -0.507 e. The molecule has 2 aromatic carbocycles. The topological polar surface area (TPSA) is 124 Å². The number of rotatable bonds is 7. The number of nitrogens with one attached hydrogen (secondary N) is 1. The molecule has 1 aromatic heterocycles. The zero-order valence-corrected chi connectivity index (χ0v) is 15.9. The molecule has 0 saturated carbocycles. The molecule has 0 spiro atoms. The molecule has 0 aliphatic rings. The molecule has 0 saturated heterocycles. The second kappa shape index (κ2) is 8.98. The Labute approximate surface area is 168 Å². The Morgan fingerprint density at radius 2 is 2.14 bits per heavy atom. The molecule has 140 valence electrons. The Morgan fingerprint density at radius 1 is 1.36 bits per heavy atom. The van der Waals surface area contributed by atoms with Crippen LogP contribution in [0.3, 0.4) is 0 Å². The van der Waals surface area contributed by atoms with Crippen LogP contribution in [0.5, 0.6) is 5.75 Å². The van der Waals surface area contributed by atoms with Crippen molar-refractivity contribution < 1.29 is 10.0 Å². The predicted molar refractivity (Wildman–Crippen MR) is 109 cm³/mol. The van der Waals surface area contributed by atoms with Crippen molar-refractivity contribution in [2.45, 2.75) is 10.8 Å². The van der Waals surface area contributed by atoms with Gasteiger partial charge in [-0.3, -0.25) is 15.5 Å². The molecule has 0 bridgehead atoms. The number of non-ortho nitro benzene ring substituents is 1. The van der Waals surface area contributed by atoms with Crippen LogP contribution < -0.4 is 5.43 Å². The maximum absolute atomic E-state index is 10.8. The van der Waals surface area contributed by atoms with Gasteiger partial charge in [0.25, 0.3) is 5.69 Å². The molecule has 28 heavy (non-hydrogen) atoms. The van der Waals surface area contributed by atoms with Crippen LogP contribution in [0.2, 0.25) is 0 Å². The Balaban J connectivity index is 1.71. The van der Waals surface area contributed by atoms with Gasteiger partial charge < -0.3 is 5.11 Å². The number of hydrogen-bond acceptors (Lipinski definition) is 9. The normalized spacial score (nSPS) is 10.7. The highest BCUT2D eigenvalue weighted by atomic mass is 32.2. The van der Waals surface area contributed by atoms with Crippen molar-refractivity contribution in [1.82, 2.24) is 4.37 Å². The van der Waals surface area contributed by atoms with Crippen molar-refractivity contribution in [3.63, 3.8) is 0 Å². The summed E-state index contributed by atoms with van der Waals surface area (Å²) in [4.78, 5) is 10.3. The van der Waals surface area contributed by atoms with Gasteiger partial charge in [-0.05, 0) is 23.2 Å². The zero-order valence-electron chi connectivity index (χ0n) is 14.3. The van der Waals surface area contributed by atoms with Crippen LogP contribution >= 0.6 is 23.3 Å². The monoisotopic (exact) mass is 411 g/mol. The number of phenols is 1. The third kappa shape index (κ3) is 4.64. The van der Waals surface area contributed by atoms with Gasteiger partial charge in [0, 0.05) is 23.4 Å². The van der Waals surface area contributed by atoms with E-state index in [1.165, 1.54) is 36.2 Å². The first-order chi connectivity index (χ1) is 13.6. The van der Waals surface area contributed by atoms with Crippen LogP contribution in [0.4, 0.5) is 10.7 Å². The van der Waals surface area contributed by atoms with Gasteiger partial charge in [-0.15, -0.1) is 0 Å². The third-order valence-corrected chi connectivity index (χ3v) is 5.50.